The average molecular weight is 210 g/mol. The Hall–Kier alpha value is 0.500. The van der Waals surface area contributed by atoms with Crippen molar-refractivity contribution in [2.75, 3.05) is 6.61 Å². The van der Waals surface area contributed by atoms with Crippen molar-refractivity contribution in [3.63, 3.8) is 0 Å². The molecule has 1 rings (SSSR count). The van der Waals surface area contributed by atoms with Crippen molar-refractivity contribution in [1.82, 2.24) is 0 Å². The Bertz CT molecular complexity index is 217. The molecule has 3 atom stereocenters. The molecule has 0 bridgehead atoms. The van der Waals surface area contributed by atoms with Crippen LogP contribution in [0.4, 0.5) is 0 Å². The van der Waals surface area contributed by atoms with Crippen LogP contribution in [0.25, 0.3) is 0 Å². The molecule has 0 aromatic rings. The predicted octanol–water partition coefficient (Wildman–Crippen LogP) is 2.67. The first kappa shape index (κ1) is 10.6. The quantitative estimate of drug-likeness (QED) is 0.574. The van der Waals surface area contributed by atoms with Crippen molar-refractivity contribution >= 4 is 20.2 Å². The third-order valence-corrected chi connectivity index (χ3v) is 5.27. The highest BCUT2D eigenvalue weighted by atomic mass is 32.1. The van der Waals surface area contributed by atoms with E-state index < -0.39 is 12.1 Å². The van der Waals surface area contributed by atoms with Gasteiger partial charge in [0, 0.05) is 0 Å². The number of hydrogen-bond donors (Lipinski definition) is 1. The summed E-state index contributed by atoms with van der Waals surface area (Å²) in [5.74, 6) is 0. The SMILES string of the molecule is CCC(C)OP1(=O)OCC1(C)S. The molecule has 1 aliphatic heterocycles. The van der Waals surface area contributed by atoms with Crippen LogP contribution in [0.3, 0.4) is 0 Å². The van der Waals surface area contributed by atoms with E-state index in [9.17, 15) is 4.57 Å². The van der Waals surface area contributed by atoms with Gasteiger partial charge in [0.05, 0.1) is 12.7 Å². The topological polar surface area (TPSA) is 35.5 Å². The third-order valence-electron chi connectivity index (χ3n) is 1.99. The van der Waals surface area contributed by atoms with Crippen molar-refractivity contribution in [1.29, 1.82) is 0 Å². The molecule has 12 heavy (non-hydrogen) atoms. The van der Waals surface area contributed by atoms with Crippen LogP contribution in [-0.2, 0) is 13.6 Å². The smallest absolute Gasteiger partial charge is 0.305 e. The van der Waals surface area contributed by atoms with E-state index in [4.69, 9.17) is 9.05 Å². The second-order valence-corrected chi connectivity index (χ2v) is 7.10. The summed E-state index contributed by atoms with van der Waals surface area (Å²) >= 11 is 4.22. The monoisotopic (exact) mass is 210 g/mol. The zero-order valence-electron chi connectivity index (χ0n) is 7.61. The lowest BCUT2D eigenvalue weighted by Crippen LogP contribution is -2.37. The highest BCUT2D eigenvalue weighted by Crippen LogP contribution is 2.70. The van der Waals surface area contributed by atoms with E-state index in [1.54, 1.807) is 6.92 Å². The fourth-order valence-electron chi connectivity index (χ4n) is 0.812. The minimum Gasteiger partial charge on any atom is -0.305 e. The summed E-state index contributed by atoms with van der Waals surface area (Å²) in [5, 5.41) is 0. The van der Waals surface area contributed by atoms with Gasteiger partial charge in [-0.1, -0.05) is 6.92 Å². The molecule has 0 aromatic heterocycles. The van der Waals surface area contributed by atoms with Gasteiger partial charge in [-0.05, 0) is 20.3 Å². The van der Waals surface area contributed by atoms with Crippen molar-refractivity contribution in [2.45, 2.75) is 37.8 Å². The van der Waals surface area contributed by atoms with Gasteiger partial charge in [-0.25, -0.2) is 0 Å². The van der Waals surface area contributed by atoms with Gasteiger partial charge in [-0.2, -0.15) is 12.6 Å². The van der Waals surface area contributed by atoms with Crippen LogP contribution in [-0.4, -0.2) is 17.2 Å². The summed E-state index contributed by atoms with van der Waals surface area (Å²) < 4.78 is 21.4. The van der Waals surface area contributed by atoms with Crippen LogP contribution in [0.1, 0.15) is 27.2 Å². The lowest BCUT2D eigenvalue weighted by Gasteiger charge is -2.42. The summed E-state index contributed by atoms with van der Waals surface area (Å²) in [7, 11) is -2.90. The maximum Gasteiger partial charge on any atom is 0.348 e. The largest absolute Gasteiger partial charge is 0.348 e. The summed E-state index contributed by atoms with van der Waals surface area (Å²) in [6.07, 6.45) is 0.805. The van der Waals surface area contributed by atoms with Crippen LogP contribution in [0.5, 0.6) is 0 Å². The Morgan fingerprint density at radius 3 is 2.67 bits per heavy atom. The predicted molar refractivity (Wildman–Crippen MR) is 51.8 cm³/mol. The van der Waals surface area contributed by atoms with Gasteiger partial charge in [-0.3, -0.25) is 4.57 Å². The van der Waals surface area contributed by atoms with Gasteiger partial charge < -0.3 is 9.05 Å². The summed E-state index contributed by atoms with van der Waals surface area (Å²) in [4.78, 5) is 0. The zero-order valence-corrected chi connectivity index (χ0v) is 9.40. The molecule has 72 valence electrons. The Morgan fingerprint density at radius 2 is 2.42 bits per heavy atom. The first-order chi connectivity index (χ1) is 5.41. The van der Waals surface area contributed by atoms with Crippen LogP contribution in [0.15, 0.2) is 0 Å². The fraction of sp³-hybridized carbons (Fsp3) is 1.00. The molecular formula is C7H15O3PS. The number of rotatable bonds is 3. The molecule has 0 radical (unpaired) electrons. The lowest BCUT2D eigenvalue weighted by molar-refractivity contribution is 0.104. The Balaban J connectivity index is 2.57. The Kier molecular flexibility index (Phi) is 2.94. The maximum atomic E-state index is 11.8. The molecule has 1 fully saturated rings. The molecule has 5 heteroatoms. The molecule has 0 aromatic carbocycles. The van der Waals surface area contributed by atoms with Crippen molar-refractivity contribution in [3.8, 4) is 0 Å². The molecule has 0 spiro atoms. The summed E-state index contributed by atoms with van der Waals surface area (Å²) in [6.45, 7) is 6.05. The molecule has 1 aliphatic rings. The van der Waals surface area contributed by atoms with E-state index in [1.807, 2.05) is 13.8 Å². The second kappa shape index (κ2) is 3.33. The van der Waals surface area contributed by atoms with Crippen LogP contribution in [0.2, 0.25) is 0 Å². The zero-order chi connectivity index (χ0) is 9.41. The second-order valence-electron chi connectivity index (χ2n) is 3.31. The van der Waals surface area contributed by atoms with Gasteiger partial charge in [-0.15, -0.1) is 0 Å². The van der Waals surface area contributed by atoms with Gasteiger partial charge >= 0.3 is 7.60 Å². The fourth-order valence-corrected chi connectivity index (χ4v) is 2.92. The molecule has 0 amide bonds. The summed E-state index contributed by atoms with van der Waals surface area (Å²) in [6, 6.07) is 0. The van der Waals surface area contributed by atoms with Crippen LogP contribution < -0.4 is 0 Å². The van der Waals surface area contributed by atoms with Gasteiger partial charge in [0.25, 0.3) is 0 Å². The van der Waals surface area contributed by atoms with Gasteiger partial charge in [0.2, 0.25) is 0 Å². The minimum absolute atomic E-state index is 0.0254. The van der Waals surface area contributed by atoms with Gasteiger partial charge in [0.15, 0.2) is 0 Å². The molecule has 3 unspecified atom stereocenters. The lowest BCUT2D eigenvalue weighted by atomic mass is 10.3. The molecule has 3 nitrogen and oxygen atoms in total. The van der Waals surface area contributed by atoms with E-state index in [0.29, 0.717) is 6.61 Å². The van der Waals surface area contributed by atoms with Crippen LogP contribution >= 0.6 is 20.2 Å². The molecule has 0 saturated carbocycles. The average Bonchev–Trinajstić information content (AvgIpc) is 2.02. The summed E-state index contributed by atoms with van der Waals surface area (Å²) in [5.41, 5.74) is 0. The van der Waals surface area contributed by atoms with Crippen molar-refractivity contribution in [2.24, 2.45) is 0 Å². The highest BCUT2D eigenvalue weighted by Gasteiger charge is 2.55. The molecule has 1 heterocycles. The van der Waals surface area contributed by atoms with Gasteiger partial charge in [0.1, 0.15) is 4.49 Å². The number of hydrogen-bond acceptors (Lipinski definition) is 4. The first-order valence-electron chi connectivity index (χ1n) is 4.07. The number of thiol groups is 1. The first-order valence-corrected chi connectivity index (χ1v) is 6.06. The van der Waals surface area contributed by atoms with E-state index in [1.165, 1.54) is 0 Å². The molecule has 1 saturated heterocycles. The third kappa shape index (κ3) is 1.72. The van der Waals surface area contributed by atoms with Crippen molar-refractivity contribution in [3.05, 3.63) is 0 Å². The van der Waals surface area contributed by atoms with E-state index in [0.717, 1.165) is 6.42 Å². The molecular weight excluding hydrogens is 195 g/mol. The normalized spacial score (nSPS) is 43.7. The van der Waals surface area contributed by atoms with E-state index in [2.05, 4.69) is 12.6 Å². The molecule has 0 aliphatic carbocycles. The Morgan fingerprint density at radius 1 is 1.83 bits per heavy atom. The molecule has 0 N–H and O–H groups in total. The van der Waals surface area contributed by atoms with E-state index in [-0.39, 0.29) is 6.10 Å². The Labute approximate surface area is 78.8 Å². The standard InChI is InChI=1S/C7H15O3PS/c1-4-6(2)10-11(8)7(3,12)5-9-11/h6,12H,4-5H2,1-3H3. The minimum atomic E-state index is -2.90. The highest BCUT2D eigenvalue weighted by molar-refractivity contribution is 7.92. The van der Waals surface area contributed by atoms with Crippen molar-refractivity contribution < 1.29 is 13.6 Å². The van der Waals surface area contributed by atoms with Crippen LogP contribution in [0, 0.1) is 0 Å². The van der Waals surface area contributed by atoms with E-state index >= 15 is 0 Å². The maximum absolute atomic E-state index is 11.8.